The number of nitrogens with one attached hydrogen (secondary N) is 1. The number of nitrogens with zero attached hydrogens (tertiary/aromatic N) is 1. The molecule has 6 nitrogen and oxygen atoms in total. The number of anilines is 2. The highest BCUT2D eigenvalue weighted by Gasteiger charge is 2.15. The van der Waals surface area contributed by atoms with E-state index in [2.05, 4.69) is 25.6 Å². The second-order valence-electron chi connectivity index (χ2n) is 5.88. The third-order valence-electron chi connectivity index (χ3n) is 3.92. The zero-order valence-electron chi connectivity index (χ0n) is 13.9. The lowest BCUT2D eigenvalue weighted by atomic mass is 10.2. The molecule has 0 spiro atoms. The first-order valence-electron chi connectivity index (χ1n) is 7.96. The normalized spacial score (nSPS) is 11.6. The van der Waals surface area contributed by atoms with Crippen LogP contribution in [0.15, 0.2) is 80.5 Å². The van der Waals surface area contributed by atoms with E-state index in [-0.39, 0.29) is 4.90 Å². The molecule has 0 radical (unpaired) electrons. The van der Waals surface area contributed by atoms with E-state index in [0.29, 0.717) is 28.4 Å². The largest absolute Gasteiger partial charge is 0.436 e. The molecule has 0 atom stereocenters. The average Bonchev–Trinajstić information content (AvgIpc) is 3.05. The summed E-state index contributed by atoms with van der Waals surface area (Å²) in [4.78, 5) is 4.59. The smallest absolute Gasteiger partial charge is 0.261 e. The van der Waals surface area contributed by atoms with E-state index in [0.717, 1.165) is 10.0 Å². The first-order chi connectivity index (χ1) is 12.9. The zero-order valence-corrected chi connectivity index (χ0v) is 16.3. The summed E-state index contributed by atoms with van der Waals surface area (Å²) >= 11 is 3.39. The molecule has 1 heterocycles. The highest BCUT2D eigenvalue weighted by atomic mass is 79.9. The lowest BCUT2D eigenvalue weighted by Gasteiger charge is -2.08. The van der Waals surface area contributed by atoms with Crippen molar-refractivity contribution < 1.29 is 12.8 Å². The maximum absolute atomic E-state index is 12.5. The van der Waals surface area contributed by atoms with E-state index in [1.165, 1.54) is 12.1 Å². The maximum Gasteiger partial charge on any atom is 0.261 e. The second kappa shape index (κ2) is 6.71. The van der Waals surface area contributed by atoms with Crippen molar-refractivity contribution in [3.63, 3.8) is 0 Å². The minimum absolute atomic E-state index is 0.132. The minimum Gasteiger partial charge on any atom is -0.436 e. The lowest BCUT2D eigenvalue weighted by molar-refractivity contribution is 0.601. The fourth-order valence-electron chi connectivity index (χ4n) is 2.57. The minimum atomic E-state index is -3.72. The Labute approximate surface area is 164 Å². The Morgan fingerprint density at radius 1 is 0.963 bits per heavy atom. The molecular weight excluding hydrogens is 430 g/mol. The Morgan fingerprint density at radius 3 is 2.37 bits per heavy atom. The molecule has 136 valence electrons. The predicted molar refractivity (Wildman–Crippen MR) is 109 cm³/mol. The number of sulfonamides is 1. The number of nitrogens with two attached hydrogens (primary N) is 1. The van der Waals surface area contributed by atoms with Gasteiger partial charge in [0.25, 0.3) is 10.0 Å². The third kappa shape index (κ3) is 3.67. The number of halogens is 1. The van der Waals surface area contributed by atoms with Gasteiger partial charge in [-0.2, -0.15) is 0 Å². The molecule has 0 aliphatic rings. The number of hydrogen-bond donors (Lipinski definition) is 2. The van der Waals surface area contributed by atoms with Gasteiger partial charge < -0.3 is 10.2 Å². The molecule has 4 rings (SSSR count). The van der Waals surface area contributed by atoms with Crippen molar-refractivity contribution >= 4 is 48.4 Å². The van der Waals surface area contributed by atoms with E-state index >= 15 is 0 Å². The van der Waals surface area contributed by atoms with E-state index in [1.807, 2.05) is 24.3 Å². The molecule has 0 bridgehead atoms. The fraction of sp³-hybridized carbons (Fsp3) is 0. The monoisotopic (exact) mass is 443 g/mol. The van der Waals surface area contributed by atoms with Crippen molar-refractivity contribution in [2.45, 2.75) is 4.90 Å². The number of nitrogen functional groups attached to an aromatic ring is 1. The lowest BCUT2D eigenvalue weighted by Crippen LogP contribution is -2.12. The molecular formula is C19H14BrN3O3S. The number of fused-ring (bicyclic) bond motifs is 1. The van der Waals surface area contributed by atoms with Gasteiger partial charge in [0.1, 0.15) is 5.52 Å². The first-order valence-corrected chi connectivity index (χ1v) is 10.2. The van der Waals surface area contributed by atoms with Gasteiger partial charge in [0, 0.05) is 15.7 Å². The van der Waals surface area contributed by atoms with Gasteiger partial charge in [-0.25, -0.2) is 13.4 Å². The summed E-state index contributed by atoms with van der Waals surface area (Å²) in [7, 11) is -3.72. The molecule has 3 aromatic carbocycles. The molecule has 0 unspecified atom stereocenters. The molecule has 8 heteroatoms. The van der Waals surface area contributed by atoms with Crippen molar-refractivity contribution in [1.29, 1.82) is 0 Å². The van der Waals surface area contributed by atoms with Crippen molar-refractivity contribution in [3.05, 3.63) is 71.2 Å². The summed E-state index contributed by atoms with van der Waals surface area (Å²) in [5.74, 6) is 0.469. The van der Waals surface area contributed by atoms with Crippen LogP contribution in [0.3, 0.4) is 0 Å². The Bertz CT molecular complexity index is 1220. The van der Waals surface area contributed by atoms with Crippen LogP contribution in [0.5, 0.6) is 0 Å². The van der Waals surface area contributed by atoms with E-state index in [1.54, 1.807) is 30.3 Å². The Morgan fingerprint density at radius 2 is 1.67 bits per heavy atom. The molecule has 27 heavy (non-hydrogen) atoms. The summed E-state index contributed by atoms with van der Waals surface area (Å²) in [5.41, 5.74) is 8.47. The summed E-state index contributed by atoms with van der Waals surface area (Å²) < 4.78 is 34.3. The first kappa shape index (κ1) is 17.6. The van der Waals surface area contributed by atoms with Crippen LogP contribution in [0, 0.1) is 0 Å². The molecule has 0 saturated carbocycles. The quantitative estimate of drug-likeness (QED) is 0.447. The van der Waals surface area contributed by atoms with Gasteiger partial charge in [0.05, 0.1) is 10.6 Å². The summed E-state index contributed by atoms with van der Waals surface area (Å²) in [5, 5.41) is 0. The van der Waals surface area contributed by atoms with Crippen molar-refractivity contribution in [1.82, 2.24) is 4.98 Å². The van der Waals surface area contributed by atoms with Gasteiger partial charge in [-0.15, -0.1) is 0 Å². The summed E-state index contributed by atoms with van der Waals surface area (Å²) in [6.07, 6.45) is 0. The van der Waals surface area contributed by atoms with Crippen molar-refractivity contribution in [2.75, 3.05) is 10.5 Å². The second-order valence-corrected chi connectivity index (χ2v) is 8.48. The molecule has 0 amide bonds. The molecule has 0 fully saturated rings. The van der Waals surface area contributed by atoms with Gasteiger partial charge in [-0.05, 0) is 66.7 Å². The van der Waals surface area contributed by atoms with Crippen molar-refractivity contribution in [3.8, 4) is 11.5 Å². The van der Waals surface area contributed by atoms with Crippen LogP contribution in [-0.2, 0) is 10.0 Å². The van der Waals surface area contributed by atoms with E-state index in [9.17, 15) is 8.42 Å². The molecule has 4 aromatic rings. The maximum atomic E-state index is 12.5. The van der Waals surface area contributed by atoms with Gasteiger partial charge in [-0.3, -0.25) is 4.72 Å². The zero-order chi connectivity index (χ0) is 19.0. The van der Waals surface area contributed by atoms with Crippen LogP contribution in [-0.4, -0.2) is 13.4 Å². The summed E-state index contributed by atoms with van der Waals surface area (Å²) in [6, 6.07) is 18.5. The van der Waals surface area contributed by atoms with Crippen LogP contribution in [0.2, 0.25) is 0 Å². The molecule has 3 N–H and O–H groups in total. The Balaban J connectivity index is 1.65. The van der Waals surface area contributed by atoms with Crippen LogP contribution in [0.25, 0.3) is 22.6 Å². The SMILES string of the molecule is Nc1ccc(S(=O)(=O)Nc2ccc3oc(-c4ccc(Br)cc4)nc3c2)cc1. The van der Waals surface area contributed by atoms with Gasteiger partial charge in [-0.1, -0.05) is 15.9 Å². The van der Waals surface area contributed by atoms with Gasteiger partial charge >= 0.3 is 0 Å². The molecule has 0 saturated heterocycles. The predicted octanol–water partition coefficient (Wildman–Crippen LogP) is 4.64. The molecule has 1 aromatic heterocycles. The Kier molecular flexibility index (Phi) is 4.37. The highest BCUT2D eigenvalue weighted by Crippen LogP contribution is 2.28. The van der Waals surface area contributed by atoms with Crippen LogP contribution >= 0.6 is 15.9 Å². The van der Waals surface area contributed by atoms with Gasteiger partial charge in [0.2, 0.25) is 5.89 Å². The number of hydrogen-bond acceptors (Lipinski definition) is 5. The highest BCUT2D eigenvalue weighted by molar-refractivity contribution is 9.10. The number of oxazole rings is 1. The van der Waals surface area contributed by atoms with E-state index < -0.39 is 10.0 Å². The topological polar surface area (TPSA) is 98.2 Å². The molecule has 0 aliphatic heterocycles. The number of benzene rings is 3. The van der Waals surface area contributed by atoms with Crippen LogP contribution < -0.4 is 10.5 Å². The molecule has 0 aliphatic carbocycles. The number of aromatic nitrogens is 1. The Hall–Kier alpha value is -2.84. The average molecular weight is 444 g/mol. The number of rotatable bonds is 4. The van der Waals surface area contributed by atoms with E-state index in [4.69, 9.17) is 10.2 Å². The third-order valence-corrected chi connectivity index (χ3v) is 5.85. The van der Waals surface area contributed by atoms with Crippen molar-refractivity contribution in [2.24, 2.45) is 0 Å². The fourth-order valence-corrected chi connectivity index (χ4v) is 3.88. The summed E-state index contributed by atoms with van der Waals surface area (Å²) in [6.45, 7) is 0. The standard InChI is InChI=1S/C19H14BrN3O3S/c20-13-3-1-12(2-4-13)19-22-17-11-15(7-10-18(17)26-19)23-27(24,25)16-8-5-14(21)6-9-16/h1-11,23H,21H2. The van der Waals surface area contributed by atoms with Crippen LogP contribution in [0.4, 0.5) is 11.4 Å². The van der Waals surface area contributed by atoms with Crippen LogP contribution in [0.1, 0.15) is 0 Å². The van der Waals surface area contributed by atoms with Gasteiger partial charge in [0.15, 0.2) is 5.58 Å².